The predicted molar refractivity (Wildman–Crippen MR) is 81.6 cm³/mol. The molecule has 1 atom stereocenters. The van der Waals surface area contributed by atoms with Gasteiger partial charge in [-0.25, -0.2) is 0 Å². The van der Waals surface area contributed by atoms with Crippen LogP contribution in [-0.2, 0) is 13.0 Å². The fourth-order valence-corrected chi connectivity index (χ4v) is 2.29. The minimum absolute atomic E-state index is 0.0879. The lowest BCUT2D eigenvalue weighted by Gasteiger charge is -2.13. The number of hydrogen-bond acceptors (Lipinski definition) is 4. The quantitative estimate of drug-likeness (QED) is 0.812. The van der Waals surface area contributed by atoms with Crippen LogP contribution in [0.3, 0.4) is 0 Å². The van der Waals surface area contributed by atoms with Gasteiger partial charge in [-0.05, 0) is 32.3 Å². The molecular formula is C15H23N5. The lowest BCUT2D eigenvalue weighted by Crippen LogP contribution is -2.18. The number of hydrogen-bond donors (Lipinski definition) is 2. The fourth-order valence-electron chi connectivity index (χ4n) is 2.29. The van der Waals surface area contributed by atoms with E-state index in [2.05, 4.69) is 51.3 Å². The summed E-state index contributed by atoms with van der Waals surface area (Å²) in [5, 5.41) is 11.6. The third-order valence-corrected chi connectivity index (χ3v) is 3.35. The van der Waals surface area contributed by atoms with Gasteiger partial charge >= 0.3 is 0 Å². The van der Waals surface area contributed by atoms with Gasteiger partial charge in [0.05, 0.1) is 6.04 Å². The van der Waals surface area contributed by atoms with Gasteiger partial charge in [-0.1, -0.05) is 30.3 Å². The van der Waals surface area contributed by atoms with Crippen LogP contribution >= 0.6 is 0 Å². The molecule has 1 aromatic heterocycles. The van der Waals surface area contributed by atoms with Crippen molar-refractivity contribution in [2.45, 2.75) is 39.3 Å². The summed E-state index contributed by atoms with van der Waals surface area (Å²) in [6, 6.07) is 10.3. The summed E-state index contributed by atoms with van der Waals surface area (Å²) in [5.74, 6) is 1.67. The van der Waals surface area contributed by atoms with E-state index >= 15 is 0 Å². The molecule has 0 spiro atoms. The van der Waals surface area contributed by atoms with Crippen LogP contribution in [0.15, 0.2) is 30.3 Å². The Balaban J connectivity index is 2.03. The monoisotopic (exact) mass is 273 g/mol. The van der Waals surface area contributed by atoms with Crippen LogP contribution in [0, 0.1) is 0 Å². The number of nitrogens with zero attached hydrogens (tertiary/aromatic N) is 3. The number of anilines is 1. The van der Waals surface area contributed by atoms with E-state index in [1.165, 1.54) is 5.56 Å². The molecule has 0 saturated carbocycles. The topological polar surface area (TPSA) is 68.8 Å². The molecule has 0 radical (unpaired) electrons. The van der Waals surface area contributed by atoms with Crippen LogP contribution in [-0.4, -0.2) is 21.3 Å². The minimum Gasteiger partial charge on any atom is -0.355 e. The maximum absolute atomic E-state index is 6.28. The highest BCUT2D eigenvalue weighted by atomic mass is 15.4. The van der Waals surface area contributed by atoms with Crippen LogP contribution < -0.4 is 11.1 Å². The third kappa shape index (κ3) is 3.36. The van der Waals surface area contributed by atoms with Crippen LogP contribution in [0.1, 0.15) is 37.7 Å². The number of aryl methyl sites for hydroxylation is 1. The van der Waals surface area contributed by atoms with Gasteiger partial charge in [0.1, 0.15) is 0 Å². The Morgan fingerprint density at radius 2 is 1.95 bits per heavy atom. The highest BCUT2D eigenvalue weighted by molar-refractivity contribution is 5.26. The van der Waals surface area contributed by atoms with E-state index < -0.39 is 0 Å². The summed E-state index contributed by atoms with van der Waals surface area (Å²) >= 11 is 0. The molecule has 0 saturated heterocycles. The molecule has 5 heteroatoms. The molecule has 0 bridgehead atoms. The molecule has 1 heterocycles. The van der Waals surface area contributed by atoms with Crippen LogP contribution in [0.5, 0.6) is 0 Å². The normalized spacial score (nSPS) is 12.3. The molecule has 0 aliphatic carbocycles. The first-order valence-electron chi connectivity index (χ1n) is 7.22. The smallest absolute Gasteiger partial charge is 0.224 e. The minimum atomic E-state index is -0.0879. The SMILES string of the molecule is CCNc1nnc(C(N)CCc2ccccc2)n1CC. The molecule has 0 amide bonds. The summed E-state index contributed by atoms with van der Waals surface area (Å²) in [7, 11) is 0. The predicted octanol–water partition coefficient (Wildman–Crippen LogP) is 2.36. The molecule has 1 unspecified atom stereocenters. The molecule has 2 aromatic rings. The number of aromatic nitrogens is 3. The summed E-state index contributed by atoms with van der Waals surface area (Å²) in [6.45, 7) is 5.78. The second kappa shape index (κ2) is 7.05. The Hall–Kier alpha value is -1.88. The number of nitrogens with one attached hydrogen (secondary N) is 1. The lowest BCUT2D eigenvalue weighted by atomic mass is 10.1. The Morgan fingerprint density at radius 1 is 1.20 bits per heavy atom. The lowest BCUT2D eigenvalue weighted by molar-refractivity contribution is 0.567. The average Bonchev–Trinajstić information content (AvgIpc) is 2.89. The van der Waals surface area contributed by atoms with Crippen LogP contribution in [0.2, 0.25) is 0 Å². The largest absolute Gasteiger partial charge is 0.355 e. The Labute approximate surface area is 120 Å². The van der Waals surface area contributed by atoms with Gasteiger partial charge in [0.2, 0.25) is 5.95 Å². The van der Waals surface area contributed by atoms with E-state index in [1.807, 2.05) is 13.0 Å². The number of rotatable bonds is 7. The molecule has 0 fully saturated rings. The molecular weight excluding hydrogens is 250 g/mol. The third-order valence-electron chi connectivity index (χ3n) is 3.35. The van der Waals surface area contributed by atoms with E-state index in [1.54, 1.807) is 0 Å². The van der Waals surface area contributed by atoms with E-state index in [0.29, 0.717) is 0 Å². The van der Waals surface area contributed by atoms with Crippen molar-refractivity contribution >= 4 is 5.95 Å². The van der Waals surface area contributed by atoms with Crippen LogP contribution in [0.25, 0.3) is 0 Å². The van der Waals surface area contributed by atoms with Gasteiger partial charge in [-0.15, -0.1) is 10.2 Å². The average molecular weight is 273 g/mol. The first-order chi connectivity index (χ1) is 9.76. The molecule has 2 rings (SSSR count). The zero-order chi connectivity index (χ0) is 14.4. The van der Waals surface area contributed by atoms with Crippen LogP contribution in [0.4, 0.5) is 5.95 Å². The molecule has 5 nitrogen and oxygen atoms in total. The van der Waals surface area contributed by atoms with E-state index in [4.69, 9.17) is 5.73 Å². The fraction of sp³-hybridized carbons (Fsp3) is 0.467. The molecule has 3 N–H and O–H groups in total. The van der Waals surface area contributed by atoms with Crippen molar-refractivity contribution in [3.8, 4) is 0 Å². The zero-order valence-electron chi connectivity index (χ0n) is 12.2. The summed E-state index contributed by atoms with van der Waals surface area (Å²) < 4.78 is 2.05. The molecule has 0 aliphatic heterocycles. The van der Waals surface area contributed by atoms with Crippen molar-refractivity contribution in [3.63, 3.8) is 0 Å². The van der Waals surface area contributed by atoms with Gasteiger partial charge in [-0.3, -0.25) is 4.57 Å². The second-order valence-electron chi connectivity index (χ2n) is 4.79. The molecule has 108 valence electrons. The molecule has 1 aromatic carbocycles. The summed E-state index contributed by atoms with van der Waals surface area (Å²) in [6.07, 6.45) is 1.82. The van der Waals surface area contributed by atoms with E-state index in [9.17, 15) is 0 Å². The highest BCUT2D eigenvalue weighted by Gasteiger charge is 2.16. The zero-order valence-corrected chi connectivity index (χ0v) is 12.2. The molecule has 0 aliphatic rings. The van der Waals surface area contributed by atoms with Crippen molar-refractivity contribution in [3.05, 3.63) is 41.7 Å². The first-order valence-corrected chi connectivity index (χ1v) is 7.22. The number of benzene rings is 1. The van der Waals surface area contributed by atoms with Crippen molar-refractivity contribution < 1.29 is 0 Å². The summed E-state index contributed by atoms with van der Waals surface area (Å²) in [5.41, 5.74) is 7.58. The Kier molecular flexibility index (Phi) is 5.12. The number of nitrogens with two attached hydrogens (primary N) is 1. The van der Waals surface area contributed by atoms with Crippen molar-refractivity contribution in [2.24, 2.45) is 5.73 Å². The summed E-state index contributed by atoms with van der Waals surface area (Å²) in [4.78, 5) is 0. The van der Waals surface area contributed by atoms with E-state index in [0.717, 1.165) is 37.7 Å². The van der Waals surface area contributed by atoms with Gasteiger partial charge in [0.25, 0.3) is 0 Å². The Morgan fingerprint density at radius 3 is 2.60 bits per heavy atom. The van der Waals surface area contributed by atoms with E-state index in [-0.39, 0.29) is 6.04 Å². The molecule has 20 heavy (non-hydrogen) atoms. The first kappa shape index (κ1) is 14.5. The maximum atomic E-state index is 6.28. The van der Waals surface area contributed by atoms with Crippen molar-refractivity contribution in [1.82, 2.24) is 14.8 Å². The van der Waals surface area contributed by atoms with Gasteiger partial charge in [0, 0.05) is 13.1 Å². The Bertz CT molecular complexity index is 520. The van der Waals surface area contributed by atoms with Gasteiger partial charge in [-0.2, -0.15) is 0 Å². The van der Waals surface area contributed by atoms with Crippen molar-refractivity contribution in [1.29, 1.82) is 0 Å². The van der Waals surface area contributed by atoms with Gasteiger partial charge < -0.3 is 11.1 Å². The maximum Gasteiger partial charge on any atom is 0.224 e. The van der Waals surface area contributed by atoms with Crippen molar-refractivity contribution in [2.75, 3.05) is 11.9 Å². The van der Waals surface area contributed by atoms with Gasteiger partial charge in [0.15, 0.2) is 5.82 Å². The second-order valence-corrected chi connectivity index (χ2v) is 4.79. The standard InChI is InChI=1S/C15H23N5/c1-3-17-15-19-18-14(20(15)4-2)13(16)11-10-12-8-6-5-7-9-12/h5-9,13H,3-4,10-11,16H2,1-2H3,(H,17,19). The highest BCUT2D eigenvalue weighted by Crippen LogP contribution is 2.18.